The number of amides is 1. The van der Waals surface area contributed by atoms with Crippen LogP contribution in [0.25, 0.3) is 10.9 Å². The number of nitrogens with zero attached hydrogens (tertiary/aromatic N) is 3. The summed E-state index contributed by atoms with van der Waals surface area (Å²) >= 11 is 0. The molecular formula is C16H16N4O. The maximum Gasteiger partial charge on any atom is 0.276 e. The Morgan fingerprint density at radius 3 is 2.67 bits per heavy atom. The van der Waals surface area contributed by atoms with Gasteiger partial charge >= 0.3 is 0 Å². The van der Waals surface area contributed by atoms with Crippen molar-refractivity contribution in [2.45, 2.75) is 13.8 Å². The molecule has 0 fully saturated rings. The highest BCUT2D eigenvalue weighted by atomic mass is 16.1. The fraction of sp³-hybridized carbons (Fsp3) is 0.188. The first-order chi connectivity index (χ1) is 10.0. The molecule has 106 valence electrons. The molecule has 2 aromatic heterocycles. The Kier molecular flexibility index (Phi) is 3.17. The van der Waals surface area contributed by atoms with Crippen molar-refractivity contribution in [2.75, 3.05) is 5.32 Å². The maximum atomic E-state index is 12.2. The minimum Gasteiger partial charge on any atom is -0.321 e. The lowest BCUT2D eigenvalue weighted by Crippen LogP contribution is -2.13. The summed E-state index contributed by atoms with van der Waals surface area (Å²) in [6.45, 7) is 3.87. The number of rotatable bonds is 2. The Bertz CT molecular complexity index is 816. The smallest absolute Gasteiger partial charge is 0.276 e. The van der Waals surface area contributed by atoms with Crippen molar-refractivity contribution >= 4 is 22.5 Å². The van der Waals surface area contributed by atoms with E-state index in [9.17, 15) is 4.79 Å². The van der Waals surface area contributed by atoms with Crippen molar-refractivity contribution in [3.05, 3.63) is 53.5 Å². The summed E-state index contributed by atoms with van der Waals surface area (Å²) in [7, 11) is 1.82. The molecule has 0 saturated carbocycles. The Morgan fingerprint density at radius 2 is 1.95 bits per heavy atom. The van der Waals surface area contributed by atoms with E-state index in [4.69, 9.17) is 0 Å². The number of pyridine rings is 1. The fourth-order valence-corrected chi connectivity index (χ4v) is 2.17. The van der Waals surface area contributed by atoms with Crippen molar-refractivity contribution in [3.8, 4) is 0 Å². The highest BCUT2D eigenvalue weighted by molar-refractivity contribution is 6.03. The SMILES string of the molecule is Cc1ccc2cc(NC(=O)c3cc(C)n(C)n3)ccc2n1. The van der Waals surface area contributed by atoms with E-state index in [1.54, 1.807) is 10.7 Å². The number of carbonyl (C=O) groups is 1. The third-order valence-electron chi connectivity index (χ3n) is 3.43. The minimum atomic E-state index is -0.210. The van der Waals surface area contributed by atoms with E-state index in [0.29, 0.717) is 5.69 Å². The zero-order valence-electron chi connectivity index (χ0n) is 12.2. The van der Waals surface area contributed by atoms with E-state index in [1.165, 1.54) is 0 Å². The van der Waals surface area contributed by atoms with Gasteiger partial charge < -0.3 is 5.32 Å². The molecule has 0 aliphatic rings. The van der Waals surface area contributed by atoms with Gasteiger partial charge in [-0.05, 0) is 44.2 Å². The van der Waals surface area contributed by atoms with Crippen molar-refractivity contribution in [3.63, 3.8) is 0 Å². The molecule has 5 heteroatoms. The number of anilines is 1. The second kappa shape index (κ2) is 5.01. The van der Waals surface area contributed by atoms with Gasteiger partial charge in [-0.3, -0.25) is 14.5 Å². The molecular weight excluding hydrogens is 264 g/mol. The average molecular weight is 280 g/mol. The van der Waals surface area contributed by atoms with Crippen LogP contribution < -0.4 is 5.32 Å². The Labute approximate surface area is 122 Å². The van der Waals surface area contributed by atoms with E-state index >= 15 is 0 Å². The number of fused-ring (bicyclic) bond motifs is 1. The number of hydrogen-bond donors (Lipinski definition) is 1. The highest BCUT2D eigenvalue weighted by Gasteiger charge is 2.11. The van der Waals surface area contributed by atoms with Crippen LogP contribution in [-0.4, -0.2) is 20.7 Å². The predicted molar refractivity (Wildman–Crippen MR) is 82.4 cm³/mol. The molecule has 1 N–H and O–H groups in total. The third kappa shape index (κ3) is 2.63. The first-order valence-corrected chi connectivity index (χ1v) is 6.72. The molecule has 0 aliphatic carbocycles. The molecule has 3 aromatic rings. The van der Waals surface area contributed by atoms with Gasteiger partial charge in [-0.2, -0.15) is 5.10 Å². The summed E-state index contributed by atoms with van der Waals surface area (Å²) in [6.07, 6.45) is 0. The van der Waals surface area contributed by atoms with Crippen LogP contribution in [0.2, 0.25) is 0 Å². The first-order valence-electron chi connectivity index (χ1n) is 6.72. The summed E-state index contributed by atoms with van der Waals surface area (Å²) in [4.78, 5) is 16.6. The molecule has 0 atom stereocenters. The molecule has 1 aromatic carbocycles. The second-order valence-corrected chi connectivity index (χ2v) is 5.11. The Hall–Kier alpha value is -2.69. The third-order valence-corrected chi connectivity index (χ3v) is 3.43. The Balaban J connectivity index is 1.87. The van der Waals surface area contributed by atoms with Crippen molar-refractivity contribution < 1.29 is 4.79 Å². The van der Waals surface area contributed by atoms with Gasteiger partial charge in [0.05, 0.1) is 5.52 Å². The van der Waals surface area contributed by atoms with Crippen LogP contribution in [0.15, 0.2) is 36.4 Å². The zero-order chi connectivity index (χ0) is 15.0. The summed E-state index contributed by atoms with van der Waals surface area (Å²) < 4.78 is 1.68. The van der Waals surface area contributed by atoms with E-state index in [1.807, 2.05) is 51.2 Å². The monoisotopic (exact) mass is 280 g/mol. The van der Waals surface area contributed by atoms with Crippen LogP contribution in [0.4, 0.5) is 5.69 Å². The van der Waals surface area contributed by atoms with Gasteiger partial charge in [0.15, 0.2) is 5.69 Å². The van der Waals surface area contributed by atoms with Gasteiger partial charge in [-0.15, -0.1) is 0 Å². The lowest BCUT2D eigenvalue weighted by Gasteiger charge is -2.05. The lowest BCUT2D eigenvalue weighted by molar-refractivity contribution is 0.102. The molecule has 0 spiro atoms. The van der Waals surface area contributed by atoms with E-state index in [2.05, 4.69) is 15.4 Å². The first kappa shape index (κ1) is 13.3. The van der Waals surface area contributed by atoms with Gasteiger partial charge in [-0.25, -0.2) is 0 Å². The van der Waals surface area contributed by atoms with Crippen molar-refractivity contribution in [1.29, 1.82) is 0 Å². The molecule has 0 aliphatic heterocycles. The number of aromatic nitrogens is 3. The summed E-state index contributed by atoms with van der Waals surface area (Å²) in [6, 6.07) is 11.4. The number of benzene rings is 1. The molecule has 0 saturated heterocycles. The van der Waals surface area contributed by atoms with Crippen LogP contribution in [0.1, 0.15) is 21.9 Å². The molecule has 0 unspecified atom stereocenters. The standard InChI is InChI=1S/C16H16N4O/c1-10-4-5-12-9-13(6-7-14(12)17-10)18-16(21)15-8-11(2)20(3)19-15/h4-9H,1-3H3,(H,18,21). The van der Waals surface area contributed by atoms with Gasteiger partial charge in [0, 0.05) is 29.5 Å². The quantitative estimate of drug-likeness (QED) is 0.785. The molecule has 3 rings (SSSR count). The molecule has 1 amide bonds. The molecule has 5 nitrogen and oxygen atoms in total. The van der Waals surface area contributed by atoms with E-state index < -0.39 is 0 Å². The second-order valence-electron chi connectivity index (χ2n) is 5.11. The number of aryl methyl sites for hydroxylation is 3. The largest absolute Gasteiger partial charge is 0.321 e. The van der Waals surface area contributed by atoms with Gasteiger partial charge in [-0.1, -0.05) is 6.07 Å². The highest BCUT2D eigenvalue weighted by Crippen LogP contribution is 2.18. The topological polar surface area (TPSA) is 59.8 Å². The van der Waals surface area contributed by atoms with Crippen LogP contribution >= 0.6 is 0 Å². The van der Waals surface area contributed by atoms with Gasteiger partial charge in [0.2, 0.25) is 0 Å². The van der Waals surface area contributed by atoms with Crippen molar-refractivity contribution in [1.82, 2.24) is 14.8 Å². The average Bonchev–Trinajstić information content (AvgIpc) is 2.79. The van der Waals surface area contributed by atoms with Crippen LogP contribution in [0.3, 0.4) is 0 Å². The van der Waals surface area contributed by atoms with Gasteiger partial charge in [0.1, 0.15) is 0 Å². The van der Waals surface area contributed by atoms with Gasteiger partial charge in [0.25, 0.3) is 5.91 Å². The number of hydrogen-bond acceptors (Lipinski definition) is 3. The van der Waals surface area contributed by atoms with E-state index in [0.717, 1.165) is 28.0 Å². The normalized spacial score (nSPS) is 10.8. The summed E-state index contributed by atoms with van der Waals surface area (Å²) in [5.74, 6) is -0.210. The number of nitrogens with one attached hydrogen (secondary N) is 1. The molecule has 0 bridgehead atoms. The Morgan fingerprint density at radius 1 is 1.14 bits per heavy atom. The van der Waals surface area contributed by atoms with Crippen LogP contribution in [0.5, 0.6) is 0 Å². The predicted octanol–water partition coefficient (Wildman–Crippen LogP) is 2.84. The minimum absolute atomic E-state index is 0.210. The molecule has 2 heterocycles. The fourth-order valence-electron chi connectivity index (χ4n) is 2.17. The van der Waals surface area contributed by atoms with Crippen molar-refractivity contribution in [2.24, 2.45) is 7.05 Å². The lowest BCUT2D eigenvalue weighted by atomic mass is 10.2. The summed E-state index contributed by atoms with van der Waals surface area (Å²) in [5.41, 5.74) is 3.99. The molecule has 0 radical (unpaired) electrons. The molecule has 21 heavy (non-hydrogen) atoms. The summed E-state index contributed by atoms with van der Waals surface area (Å²) in [5, 5.41) is 8.03. The maximum absolute atomic E-state index is 12.2. The van der Waals surface area contributed by atoms with Crippen LogP contribution in [0, 0.1) is 13.8 Å². The zero-order valence-corrected chi connectivity index (χ0v) is 12.2. The van der Waals surface area contributed by atoms with E-state index in [-0.39, 0.29) is 5.91 Å². The number of carbonyl (C=O) groups excluding carboxylic acids is 1. The van der Waals surface area contributed by atoms with Crippen LogP contribution in [-0.2, 0) is 7.05 Å².